The van der Waals surface area contributed by atoms with E-state index in [1.54, 1.807) is 6.20 Å². The Morgan fingerprint density at radius 3 is 3.07 bits per heavy atom. The van der Waals surface area contributed by atoms with Gasteiger partial charge in [-0.05, 0) is 28.4 Å². The number of aromatic nitrogens is 1. The van der Waals surface area contributed by atoms with Crippen molar-refractivity contribution in [3.63, 3.8) is 0 Å². The van der Waals surface area contributed by atoms with Crippen molar-refractivity contribution in [3.05, 3.63) is 22.9 Å². The third-order valence-electron chi connectivity index (χ3n) is 2.55. The van der Waals surface area contributed by atoms with Crippen molar-refractivity contribution in [2.75, 3.05) is 25.2 Å². The van der Waals surface area contributed by atoms with Crippen molar-refractivity contribution in [3.8, 4) is 0 Å². The largest absolute Gasteiger partial charge is 0.379 e. The summed E-state index contributed by atoms with van der Waals surface area (Å²) in [6, 6.07) is 2.57. The van der Waals surface area contributed by atoms with Crippen LogP contribution in [0.2, 0.25) is 0 Å². The topological polar surface area (TPSA) is 25.4 Å². The van der Waals surface area contributed by atoms with Crippen LogP contribution in [-0.2, 0) is 4.74 Å². The van der Waals surface area contributed by atoms with E-state index < -0.39 is 0 Å². The molecule has 0 radical (unpaired) electrons. The lowest BCUT2D eigenvalue weighted by Gasteiger charge is -2.24. The number of rotatable bonds is 2. The summed E-state index contributed by atoms with van der Waals surface area (Å²) in [6.07, 6.45) is 4.77. The molecule has 1 saturated heterocycles. The van der Waals surface area contributed by atoms with Gasteiger partial charge in [-0.25, -0.2) is 0 Å². The number of halogens is 1. The molecule has 1 aliphatic rings. The molecule has 1 atom stereocenters. The molecular formula is C10H13BrN2O. The maximum Gasteiger partial charge on any atom is 0.0670 e. The highest BCUT2D eigenvalue weighted by molar-refractivity contribution is 9.10. The fourth-order valence-corrected chi connectivity index (χ4v) is 1.98. The normalized spacial score (nSPS) is 21.1. The highest BCUT2D eigenvalue weighted by Gasteiger charge is 2.20. The highest BCUT2D eigenvalue weighted by Crippen LogP contribution is 2.21. The summed E-state index contributed by atoms with van der Waals surface area (Å²) in [5.74, 6) is 0. The van der Waals surface area contributed by atoms with Crippen LogP contribution in [0.1, 0.15) is 6.42 Å². The quantitative estimate of drug-likeness (QED) is 0.811. The van der Waals surface area contributed by atoms with Crippen LogP contribution in [0.3, 0.4) is 0 Å². The molecule has 0 spiro atoms. The van der Waals surface area contributed by atoms with Gasteiger partial charge in [0, 0.05) is 24.3 Å². The van der Waals surface area contributed by atoms with Gasteiger partial charge in [0.2, 0.25) is 0 Å². The van der Waals surface area contributed by atoms with Crippen LogP contribution < -0.4 is 4.90 Å². The summed E-state index contributed by atoms with van der Waals surface area (Å²) in [5.41, 5.74) is 1.13. The van der Waals surface area contributed by atoms with Gasteiger partial charge in [0.1, 0.15) is 0 Å². The molecular weight excluding hydrogens is 244 g/mol. The Balaban J connectivity index is 2.13. The number of ether oxygens (including phenoxy) is 1. The second-order valence-corrected chi connectivity index (χ2v) is 4.41. The number of hydrogen-bond donors (Lipinski definition) is 0. The predicted octanol–water partition coefficient (Wildman–Crippen LogP) is 2.07. The fraction of sp³-hybridized carbons (Fsp3) is 0.500. The van der Waals surface area contributed by atoms with Crippen molar-refractivity contribution in [2.45, 2.75) is 12.5 Å². The Morgan fingerprint density at radius 1 is 1.57 bits per heavy atom. The van der Waals surface area contributed by atoms with E-state index in [2.05, 4.69) is 38.9 Å². The zero-order valence-corrected chi connectivity index (χ0v) is 9.70. The van der Waals surface area contributed by atoms with E-state index >= 15 is 0 Å². The molecule has 1 aliphatic heterocycles. The standard InChI is InChI=1S/C10H13BrN2O/c1-13(9-2-3-14-7-9)10-4-8(11)5-12-6-10/h4-6,9H,2-3,7H2,1H3. The van der Waals surface area contributed by atoms with Gasteiger partial charge in [-0.15, -0.1) is 0 Å². The van der Waals surface area contributed by atoms with Crippen LogP contribution in [0, 0.1) is 0 Å². The first-order valence-electron chi connectivity index (χ1n) is 4.68. The van der Waals surface area contributed by atoms with Gasteiger partial charge in [-0.3, -0.25) is 4.98 Å². The molecule has 3 nitrogen and oxygen atoms in total. The minimum atomic E-state index is 0.492. The van der Waals surface area contributed by atoms with Crippen molar-refractivity contribution in [2.24, 2.45) is 0 Å². The summed E-state index contributed by atoms with van der Waals surface area (Å²) in [5, 5.41) is 0. The molecule has 1 fully saturated rings. The monoisotopic (exact) mass is 256 g/mol. The molecule has 0 aliphatic carbocycles. The first-order chi connectivity index (χ1) is 6.77. The summed E-state index contributed by atoms with van der Waals surface area (Å²) in [4.78, 5) is 6.37. The number of nitrogens with zero attached hydrogens (tertiary/aromatic N) is 2. The molecule has 1 unspecified atom stereocenters. The number of hydrogen-bond acceptors (Lipinski definition) is 3. The molecule has 0 amide bonds. The number of pyridine rings is 1. The first-order valence-corrected chi connectivity index (χ1v) is 5.48. The van der Waals surface area contributed by atoms with E-state index in [0.29, 0.717) is 6.04 Å². The van der Waals surface area contributed by atoms with E-state index in [9.17, 15) is 0 Å². The SMILES string of the molecule is CN(c1cncc(Br)c1)C1CCOC1. The van der Waals surface area contributed by atoms with Crippen molar-refractivity contribution in [1.82, 2.24) is 4.98 Å². The second-order valence-electron chi connectivity index (χ2n) is 3.49. The Morgan fingerprint density at radius 2 is 2.43 bits per heavy atom. The molecule has 76 valence electrons. The molecule has 0 bridgehead atoms. The van der Waals surface area contributed by atoms with E-state index in [1.165, 1.54) is 0 Å². The first kappa shape index (κ1) is 9.93. The minimum absolute atomic E-state index is 0.492. The summed E-state index contributed by atoms with van der Waals surface area (Å²) in [6.45, 7) is 1.69. The summed E-state index contributed by atoms with van der Waals surface area (Å²) in [7, 11) is 2.09. The van der Waals surface area contributed by atoms with E-state index in [0.717, 1.165) is 29.8 Å². The van der Waals surface area contributed by atoms with Gasteiger partial charge >= 0.3 is 0 Å². The van der Waals surface area contributed by atoms with Crippen LogP contribution in [0.5, 0.6) is 0 Å². The molecule has 0 saturated carbocycles. The van der Waals surface area contributed by atoms with Gasteiger partial charge in [0.25, 0.3) is 0 Å². The Kier molecular flexibility index (Phi) is 3.03. The van der Waals surface area contributed by atoms with Crippen LogP contribution in [0.15, 0.2) is 22.9 Å². The molecule has 0 aromatic carbocycles. The maximum atomic E-state index is 5.36. The fourth-order valence-electron chi connectivity index (χ4n) is 1.63. The maximum absolute atomic E-state index is 5.36. The molecule has 1 aromatic heterocycles. The Bertz CT molecular complexity index is 313. The molecule has 4 heteroatoms. The zero-order valence-electron chi connectivity index (χ0n) is 8.11. The molecule has 2 rings (SSSR count). The summed E-state index contributed by atoms with van der Waals surface area (Å²) >= 11 is 3.42. The van der Waals surface area contributed by atoms with Gasteiger partial charge in [-0.1, -0.05) is 0 Å². The lowest BCUT2D eigenvalue weighted by Crippen LogP contribution is -2.31. The van der Waals surface area contributed by atoms with Gasteiger partial charge in [0.05, 0.1) is 24.5 Å². The van der Waals surface area contributed by atoms with Gasteiger partial charge in [-0.2, -0.15) is 0 Å². The molecule has 2 heterocycles. The molecule has 14 heavy (non-hydrogen) atoms. The second kappa shape index (κ2) is 4.28. The molecule has 1 aromatic rings. The molecule has 0 N–H and O–H groups in total. The third-order valence-corrected chi connectivity index (χ3v) is 2.98. The lowest BCUT2D eigenvalue weighted by atomic mass is 10.2. The predicted molar refractivity (Wildman–Crippen MR) is 59.6 cm³/mol. The van der Waals surface area contributed by atoms with Crippen LogP contribution >= 0.6 is 15.9 Å². The number of anilines is 1. The smallest absolute Gasteiger partial charge is 0.0670 e. The Hall–Kier alpha value is -0.610. The highest BCUT2D eigenvalue weighted by atomic mass is 79.9. The van der Waals surface area contributed by atoms with Gasteiger partial charge in [0.15, 0.2) is 0 Å². The van der Waals surface area contributed by atoms with Crippen molar-refractivity contribution in [1.29, 1.82) is 0 Å². The van der Waals surface area contributed by atoms with E-state index in [-0.39, 0.29) is 0 Å². The van der Waals surface area contributed by atoms with Crippen molar-refractivity contribution < 1.29 is 4.74 Å². The van der Waals surface area contributed by atoms with Crippen molar-refractivity contribution >= 4 is 21.6 Å². The Labute approximate surface area is 92.2 Å². The summed E-state index contributed by atoms with van der Waals surface area (Å²) < 4.78 is 6.37. The average Bonchev–Trinajstić information content (AvgIpc) is 2.69. The lowest BCUT2D eigenvalue weighted by molar-refractivity contribution is 0.193. The van der Waals surface area contributed by atoms with Crippen LogP contribution in [0.25, 0.3) is 0 Å². The van der Waals surface area contributed by atoms with Crippen LogP contribution in [-0.4, -0.2) is 31.3 Å². The zero-order chi connectivity index (χ0) is 9.97. The minimum Gasteiger partial charge on any atom is -0.379 e. The average molecular weight is 257 g/mol. The van der Waals surface area contributed by atoms with Crippen LogP contribution in [0.4, 0.5) is 5.69 Å². The van der Waals surface area contributed by atoms with Gasteiger partial charge < -0.3 is 9.64 Å². The van der Waals surface area contributed by atoms with E-state index in [1.807, 2.05) is 6.20 Å². The van der Waals surface area contributed by atoms with E-state index in [4.69, 9.17) is 4.74 Å². The third kappa shape index (κ3) is 2.07. The number of likely N-dealkylation sites (N-methyl/N-ethyl adjacent to an activating group) is 1.